The Kier molecular flexibility index (Phi) is 3.42. The first-order valence-electron chi connectivity index (χ1n) is 5.81. The highest BCUT2D eigenvalue weighted by Gasteiger charge is 2.32. The quantitative estimate of drug-likeness (QED) is 0.707. The average molecular weight is 198 g/mol. The van der Waals surface area contributed by atoms with Crippen LogP contribution in [0, 0.1) is 5.92 Å². The SMILES string of the molecule is CC(C)CC1CNCC2COCCN21. The third kappa shape index (κ3) is 2.27. The van der Waals surface area contributed by atoms with Crippen LogP contribution >= 0.6 is 0 Å². The first-order valence-corrected chi connectivity index (χ1v) is 5.81. The van der Waals surface area contributed by atoms with Crippen LogP contribution in [0.1, 0.15) is 20.3 Å². The van der Waals surface area contributed by atoms with Gasteiger partial charge in [0.1, 0.15) is 0 Å². The minimum absolute atomic E-state index is 0.626. The molecule has 2 fully saturated rings. The molecule has 0 aromatic rings. The molecule has 1 N–H and O–H groups in total. The molecule has 0 spiro atoms. The summed E-state index contributed by atoms with van der Waals surface area (Å²) in [5, 5.41) is 3.52. The Hall–Kier alpha value is -0.120. The monoisotopic (exact) mass is 198 g/mol. The van der Waals surface area contributed by atoms with Crippen molar-refractivity contribution in [2.24, 2.45) is 5.92 Å². The molecule has 2 aliphatic heterocycles. The smallest absolute Gasteiger partial charge is 0.0635 e. The van der Waals surface area contributed by atoms with Crippen molar-refractivity contribution < 1.29 is 4.74 Å². The summed E-state index contributed by atoms with van der Waals surface area (Å²) >= 11 is 0. The van der Waals surface area contributed by atoms with Crippen LogP contribution < -0.4 is 5.32 Å². The molecular formula is C11H22N2O. The zero-order valence-corrected chi connectivity index (χ0v) is 9.33. The highest BCUT2D eigenvalue weighted by atomic mass is 16.5. The molecule has 0 amide bonds. The first-order chi connectivity index (χ1) is 6.77. The van der Waals surface area contributed by atoms with Crippen LogP contribution in [0.25, 0.3) is 0 Å². The Morgan fingerprint density at radius 3 is 3.07 bits per heavy atom. The van der Waals surface area contributed by atoms with E-state index in [1.165, 1.54) is 6.42 Å². The Bertz CT molecular complexity index is 182. The molecule has 2 saturated heterocycles. The molecule has 14 heavy (non-hydrogen) atoms. The Labute approximate surface area is 86.8 Å². The number of hydrogen-bond donors (Lipinski definition) is 1. The van der Waals surface area contributed by atoms with Crippen molar-refractivity contribution in [3.05, 3.63) is 0 Å². The van der Waals surface area contributed by atoms with Gasteiger partial charge in [0, 0.05) is 31.7 Å². The lowest BCUT2D eigenvalue weighted by molar-refractivity contribution is -0.0457. The third-order valence-corrected chi connectivity index (χ3v) is 3.25. The molecule has 0 aromatic carbocycles. The maximum Gasteiger partial charge on any atom is 0.0635 e. The van der Waals surface area contributed by atoms with Crippen molar-refractivity contribution in [2.45, 2.75) is 32.4 Å². The van der Waals surface area contributed by atoms with E-state index in [1.807, 2.05) is 0 Å². The van der Waals surface area contributed by atoms with Crippen molar-refractivity contribution in [2.75, 3.05) is 32.8 Å². The maximum atomic E-state index is 5.51. The van der Waals surface area contributed by atoms with Crippen molar-refractivity contribution in [3.8, 4) is 0 Å². The number of nitrogens with zero attached hydrogens (tertiary/aromatic N) is 1. The zero-order chi connectivity index (χ0) is 9.97. The number of ether oxygens (including phenoxy) is 1. The summed E-state index contributed by atoms with van der Waals surface area (Å²) in [5.74, 6) is 0.795. The highest BCUT2D eigenvalue weighted by molar-refractivity contribution is 4.89. The highest BCUT2D eigenvalue weighted by Crippen LogP contribution is 2.19. The van der Waals surface area contributed by atoms with Crippen LogP contribution in [0.5, 0.6) is 0 Å². The van der Waals surface area contributed by atoms with Gasteiger partial charge >= 0.3 is 0 Å². The van der Waals surface area contributed by atoms with Crippen molar-refractivity contribution in [3.63, 3.8) is 0 Å². The van der Waals surface area contributed by atoms with E-state index >= 15 is 0 Å². The lowest BCUT2D eigenvalue weighted by Gasteiger charge is -2.45. The van der Waals surface area contributed by atoms with Gasteiger partial charge in [-0.2, -0.15) is 0 Å². The van der Waals surface area contributed by atoms with Gasteiger partial charge in [0.05, 0.1) is 13.2 Å². The van der Waals surface area contributed by atoms with Crippen molar-refractivity contribution in [1.29, 1.82) is 0 Å². The second kappa shape index (κ2) is 4.60. The number of rotatable bonds is 2. The molecule has 0 aromatic heterocycles. The second-order valence-corrected chi connectivity index (χ2v) is 4.91. The van der Waals surface area contributed by atoms with E-state index in [9.17, 15) is 0 Å². The largest absolute Gasteiger partial charge is 0.378 e. The van der Waals surface area contributed by atoms with E-state index in [2.05, 4.69) is 24.1 Å². The number of hydrogen-bond acceptors (Lipinski definition) is 3. The van der Waals surface area contributed by atoms with E-state index in [0.29, 0.717) is 6.04 Å². The van der Waals surface area contributed by atoms with Crippen LogP contribution in [0.3, 0.4) is 0 Å². The molecule has 2 heterocycles. The standard InChI is InChI=1S/C11H22N2O/c1-9(2)5-10-6-12-7-11-8-14-4-3-13(10)11/h9-12H,3-8H2,1-2H3. The molecule has 2 aliphatic rings. The van der Waals surface area contributed by atoms with Crippen LogP contribution in [0.2, 0.25) is 0 Å². The summed E-state index contributed by atoms with van der Waals surface area (Å²) in [6.07, 6.45) is 1.31. The Balaban J connectivity index is 1.94. The minimum atomic E-state index is 0.626. The normalized spacial score (nSPS) is 34.5. The average Bonchev–Trinajstić information content (AvgIpc) is 2.18. The molecule has 3 nitrogen and oxygen atoms in total. The van der Waals surface area contributed by atoms with Gasteiger partial charge in [-0.25, -0.2) is 0 Å². The summed E-state index contributed by atoms with van der Waals surface area (Å²) in [7, 11) is 0. The van der Waals surface area contributed by atoms with E-state index in [-0.39, 0.29) is 0 Å². The fourth-order valence-corrected chi connectivity index (χ4v) is 2.62. The van der Waals surface area contributed by atoms with Crippen LogP contribution in [0.15, 0.2) is 0 Å². The van der Waals surface area contributed by atoms with E-state index < -0.39 is 0 Å². The van der Waals surface area contributed by atoms with Crippen molar-refractivity contribution in [1.82, 2.24) is 10.2 Å². The molecule has 0 radical (unpaired) electrons. The fourth-order valence-electron chi connectivity index (χ4n) is 2.62. The van der Waals surface area contributed by atoms with Crippen LogP contribution in [0.4, 0.5) is 0 Å². The van der Waals surface area contributed by atoms with Gasteiger partial charge in [0.25, 0.3) is 0 Å². The minimum Gasteiger partial charge on any atom is -0.378 e. The lowest BCUT2D eigenvalue weighted by atomic mass is 9.98. The maximum absolute atomic E-state index is 5.51. The fraction of sp³-hybridized carbons (Fsp3) is 1.00. The molecule has 82 valence electrons. The van der Waals surface area contributed by atoms with E-state index in [0.717, 1.165) is 44.8 Å². The molecule has 3 heteroatoms. The summed E-state index contributed by atoms with van der Waals surface area (Å²) in [6, 6.07) is 1.36. The Morgan fingerprint density at radius 1 is 1.43 bits per heavy atom. The summed E-state index contributed by atoms with van der Waals surface area (Å²) in [4.78, 5) is 2.65. The van der Waals surface area contributed by atoms with E-state index in [1.54, 1.807) is 0 Å². The van der Waals surface area contributed by atoms with Crippen LogP contribution in [-0.4, -0.2) is 49.8 Å². The lowest BCUT2D eigenvalue weighted by Crippen LogP contribution is -2.61. The predicted molar refractivity (Wildman–Crippen MR) is 57.4 cm³/mol. The number of nitrogens with one attached hydrogen (secondary N) is 1. The molecule has 0 aliphatic carbocycles. The number of fused-ring (bicyclic) bond motifs is 1. The van der Waals surface area contributed by atoms with Gasteiger partial charge in [-0.3, -0.25) is 4.90 Å². The predicted octanol–water partition coefficient (Wildman–Crippen LogP) is 0.705. The zero-order valence-electron chi connectivity index (χ0n) is 9.33. The summed E-state index contributed by atoms with van der Waals surface area (Å²) in [6.45, 7) is 9.85. The molecule has 2 atom stereocenters. The third-order valence-electron chi connectivity index (χ3n) is 3.25. The molecule has 2 rings (SSSR count). The van der Waals surface area contributed by atoms with Gasteiger partial charge < -0.3 is 10.1 Å². The van der Waals surface area contributed by atoms with Crippen LogP contribution in [-0.2, 0) is 4.74 Å². The molecule has 2 unspecified atom stereocenters. The van der Waals surface area contributed by atoms with Gasteiger partial charge in [0.15, 0.2) is 0 Å². The van der Waals surface area contributed by atoms with Crippen molar-refractivity contribution >= 4 is 0 Å². The second-order valence-electron chi connectivity index (χ2n) is 4.91. The van der Waals surface area contributed by atoms with Gasteiger partial charge in [0.2, 0.25) is 0 Å². The summed E-state index contributed by atoms with van der Waals surface area (Å²) in [5.41, 5.74) is 0. The number of morpholine rings is 1. The van der Waals surface area contributed by atoms with Gasteiger partial charge in [-0.05, 0) is 12.3 Å². The number of piperazine rings is 1. The topological polar surface area (TPSA) is 24.5 Å². The summed E-state index contributed by atoms with van der Waals surface area (Å²) < 4.78 is 5.51. The Morgan fingerprint density at radius 2 is 2.29 bits per heavy atom. The molecule has 0 bridgehead atoms. The van der Waals surface area contributed by atoms with E-state index in [4.69, 9.17) is 4.74 Å². The first kappa shape index (κ1) is 10.4. The van der Waals surface area contributed by atoms with Gasteiger partial charge in [-0.15, -0.1) is 0 Å². The molecular weight excluding hydrogens is 176 g/mol. The molecule has 0 saturated carbocycles. The van der Waals surface area contributed by atoms with Gasteiger partial charge in [-0.1, -0.05) is 13.8 Å².